The van der Waals surface area contributed by atoms with E-state index < -0.39 is 29.2 Å². The summed E-state index contributed by atoms with van der Waals surface area (Å²) in [5.74, 6) is 0.135. The van der Waals surface area contributed by atoms with Crippen molar-refractivity contribution in [3.8, 4) is 11.4 Å². The first-order chi connectivity index (χ1) is 19.7. The molecule has 13 heteroatoms. The van der Waals surface area contributed by atoms with Gasteiger partial charge in [-0.05, 0) is 26.2 Å². The van der Waals surface area contributed by atoms with Crippen LogP contribution in [0.2, 0.25) is 0 Å². The van der Waals surface area contributed by atoms with E-state index in [1.54, 1.807) is 9.58 Å². The Bertz CT molecular complexity index is 1590. The van der Waals surface area contributed by atoms with Crippen molar-refractivity contribution >= 4 is 17.7 Å². The van der Waals surface area contributed by atoms with Crippen molar-refractivity contribution < 1.29 is 14.4 Å². The van der Waals surface area contributed by atoms with E-state index in [0.717, 1.165) is 27.2 Å². The maximum absolute atomic E-state index is 13.7. The molecule has 13 nitrogen and oxygen atoms in total. The second-order valence-electron chi connectivity index (χ2n) is 10.5. The van der Waals surface area contributed by atoms with Gasteiger partial charge in [0.2, 0.25) is 11.8 Å². The Morgan fingerprint density at radius 1 is 0.951 bits per heavy atom. The van der Waals surface area contributed by atoms with E-state index >= 15 is 0 Å². The Kier molecular flexibility index (Phi) is 7.86. The minimum atomic E-state index is -0.603. The first kappa shape index (κ1) is 28.0. The molecule has 1 fully saturated rings. The summed E-state index contributed by atoms with van der Waals surface area (Å²) in [6, 6.07) is 9.52. The van der Waals surface area contributed by atoms with Gasteiger partial charge in [0.25, 0.3) is 11.5 Å². The highest BCUT2D eigenvalue weighted by molar-refractivity contribution is 5.92. The Hall–Kier alpha value is -4.55. The average molecular weight is 563 g/mol. The summed E-state index contributed by atoms with van der Waals surface area (Å²) in [4.78, 5) is 72.9. The Morgan fingerprint density at radius 3 is 2.46 bits per heavy atom. The van der Waals surface area contributed by atoms with E-state index in [9.17, 15) is 24.0 Å². The van der Waals surface area contributed by atoms with Crippen LogP contribution in [0.5, 0.6) is 0 Å². The van der Waals surface area contributed by atoms with Crippen LogP contribution >= 0.6 is 0 Å². The van der Waals surface area contributed by atoms with E-state index in [1.165, 1.54) is 19.0 Å². The molecule has 1 N–H and O–H groups in total. The van der Waals surface area contributed by atoms with E-state index in [0.29, 0.717) is 31.0 Å². The fourth-order valence-electron chi connectivity index (χ4n) is 5.46. The number of hydrogen-bond donors (Lipinski definition) is 1. The molecule has 0 unspecified atom stereocenters. The summed E-state index contributed by atoms with van der Waals surface area (Å²) in [5.41, 5.74) is -0.410. The lowest BCUT2D eigenvalue weighted by atomic mass is 10.1. The number of carbonyl (C=O) groups is 3. The second kappa shape index (κ2) is 11.5. The van der Waals surface area contributed by atoms with Crippen molar-refractivity contribution in [3.05, 3.63) is 68.8 Å². The third-order valence-corrected chi connectivity index (χ3v) is 7.79. The van der Waals surface area contributed by atoms with Crippen LogP contribution in [0.15, 0.2) is 46.0 Å². The maximum atomic E-state index is 13.7. The molecule has 216 valence electrons. The SMILES string of the molecule is C[C@@H]1NC(=O)[C@@H]2CCCN2C(=O)CCCN(C(=O)c2cc(=O)n(C)c(=O)n2C)CCn2nc(-c3ccccc3)nc21. The van der Waals surface area contributed by atoms with Gasteiger partial charge in [0.05, 0.1) is 12.6 Å². The van der Waals surface area contributed by atoms with Gasteiger partial charge in [-0.3, -0.25) is 28.3 Å². The van der Waals surface area contributed by atoms with Gasteiger partial charge in [0.15, 0.2) is 5.82 Å². The van der Waals surface area contributed by atoms with Crippen molar-refractivity contribution in [1.82, 2.24) is 39.0 Å². The molecule has 3 amide bonds. The third-order valence-electron chi connectivity index (χ3n) is 7.79. The zero-order valence-corrected chi connectivity index (χ0v) is 23.4. The average Bonchev–Trinajstić information content (AvgIpc) is 3.63. The van der Waals surface area contributed by atoms with Crippen molar-refractivity contribution in [1.29, 1.82) is 0 Å². The molecule has 2 aliphatic rings. The summed E-state index contributed by atoms with van der Waals surface area (Å²) in [5, 5.41) is 7.73. The summed E-state index contributed by atoms with van der Waals surface area (Å²) in [7, 11) is 2.80. The molecule has 5 rings (SSSR count). The summed E-state index contributed by atoms with van der Waals surface area (Å²) in [6.45, 7) is 2.94. The topological polar surface area (TPSA) is 144 Å². The molecule has 2 aliphatic heterocycles. The number of benzene rings is 1. The number of amides is 3. The van der Waals surface area contributed by atoms with Crippen LogP contribution in [-0.2, 0) is 30.2 Å². The van der Waals surface area contributed by atoms with Gasteiger partial charge in [0.1, 0.15) is 17.6 Å². The summed E-state index contributed by atoms with van der Waals surface area (Å²) >= 11 is 0. The molecule has 0 saturated carbocycles. The predicted octanol–water partition coefficient (Wildman–Crippen LogP) is 0.447. The van der Waals surface area contributed by atoms with E-state index in [-0.39, 0.29) is 43.6 Å². The van der Waals surface area contributed by atoms with E-state index in [1.807, 2.05) is 37.3 Å². The summed E-state index contributed by atoms with van der Waals surface area (Å²) in [6.07, 6.45) is 1.82. The molecule has 0 spiro atoms. The van der Waals surface area contributed by atoms with Gasteiger partial charge in [0, 0.05) is 51.8 Å². The lowest BCUT2D eigenvalue weighted by Gasteiger charge is -2.28. The molecule has 3 aromatic rings. The van der Waals surface area contributed by atoms with Crippen molar-refractivity contribution in [2.24, 2.45) is 14.1 Å². The number of hydrogen-bond acceptors (Lipinski definition) is 7. The number of nitrogens with zero attached hydrogens (tertiary/aromatic N) is 7. The van der Waals surface area contributed by atoms with Gasteiger partial charge in [-0.2, -0.15) is 5.10 Å². The van der Waals surface area contributed by atoms with Gasteiger partial charge in [-0.15, -0.1) is 0 Å². The van der Waals surface area contributed by atoms with E-state index in [2.05, 4.69) is 5.32 Å². The Morgan fingerprint density at radius 2 is 1.71 bits per heavy atom. The van der Waals surface area contributed by atoms with Gasteiger partial charge < -0.3 is 15.1 Å². The maximum Gasteiger partial charge on any atom is 0.331 e. The molecule has 1 aromatic carbocycles. The monoisotopic (exact) mass is 562 g/mol. The number of aromatic nitrogens is 5. The molecule has 1 saturated heterocycles. The predicted molar refractivity (Wildman–Crippen MR) is 149 cm³/mol. The number of nitrogens with one attached hydrogen (secondary N) is 1. The van der Waals surface area contributed by atoms with Crippen molar-refractivity contribution in [2.45, 2.75) is 51.2 Å². The fourth-order valence-corrected chi connectivity index (χ4v) is 5.46. The molecular weight excluding hydrogens is 528 g/mol. The summed E-state index contributed by atoms with van der Waals surface area (Å²) < 4.78 is 3.77. The van der Waals surface area contributed by atoms with Crippen LogP contribution in [0.25, 0.3) is 11.4 Å². The minimum absolute atomic E-state index is 0.0328. The molecule has 2 atom stereocenters. The molecule has 4 heterocycles. The normalized spacial score (nSPS) is 20.3. The smallest absolute Gasteiger partial charge is 0.331 e. The van der Waals surface area contributed by atoms with Crippen LogP contribution in [0.1, 0.15) is 55.0 Å². The second-order valence-corrected chi connectivity index (χ2v) is 10.5. The van der Waals surface area contributed by atoms with Crippen LogP contribution < -0.4 is 16.6 Å². The number of fused-ring (bicyclic) bond motifs is 2. The standard InChI is InChI=1S/C28H34N8O5/c1-18-25-30-24(19-9-5-4-6-10-19)31-36(25)16-15-34(27(40)21-17-23(38)33(3)28(41)32(21)2)13-8-12-22(37)35-14-7-11-20(35)26(39)29-18/h4-6,9-10,17-18,20H,7-8,11-16H2,1-3H3,(H,29,39)/t18-,20-/m0/s1. The first-order valence-electron chi connectivity index (χ1n) is 13.8. The molecule has 0 bridgehead atoms. The molecule has 0 radical (unpaired) electrons. The zero-order chi connectivity index (χ0) is 29.3. The zero-order valence-electron chi connectivity index (χ0n) is 23.4. The third kappa shape index (κ3) is 5.56. The number of carbonyl (C=O) groups excluding carboxylic acids is 3. The van der Waals surface area contributed by atoms with Crippen LogP contribution in [-0.4, -0.2) is 77.1 Å². The van der Waals surface area contributed by atoms with Gasteiger partial charge in [-0.25, -0.2) is 14.5 Å². The highest BCUT2D eigenvalue weighted by atomic mass is 16.2. The molecular formula is C28H34N8O5. The minimum Gasteiger partial charge on any atom is -0.345 e. The van der Waals surface area contributed by atoms with Gasteiger partial charge >= 0.3 is 5.69 Å². The lowest BCUT2D eigenvalue weighted by Crippen LogP contribution is -2.47. The largest absolute Gasteiger partial charge is 0.345 e. The lowest BCUT2D eigenvalue weighted by molar-refractivity contribution is -0.138. The van der Waals surface area contributed by atoms with Crippen molar-refractivity contribution in [2.75, 3.05) is 19.6 Å². The first-order valence-corrected chi connectivity index (χ1v) is 13.8. The quantitative estimate of drug-likeness (QED) is 0.477. The van der Waals surface area contributed by atoms with Crippen molar-refractivity contribution in [3.63, 3.8) is 0 Å². The number of rotatable bonds is 2. The highest BCUT2D eigenvalue weighted by Gasteiger charge is 2.35. The molecule has 0 aliphatic carbocycles. The van der Waals surface area contributed by atoms with E-state index in [4.69, 9.17) is 10.1 Å². The van der Waals surface area contributed by atoms with Gasteiger partial charge in [-0.1, -0.05) is 30.3 Å². The molecule has 41 heavy (non-hydrogen) atoms. The highest BCUT2D eigenvalue weighted by Crippen LogP contribution is 2.23. The Labute approximate surface area is 236 Å². The van der Waals surface area contributed by atoms with Crippen LogP contribution in [0, 0.1) is 0 Å². The molecule has 2 aromatic heterocycles. The fraction of sp³-hybridized carbons (Fsp3) is 0.464. The van der Waals surface area contributed by atoms with Crippen LogP contribution in [0.4, 0.5) is 0 Å². The van der Waals surface area contributed by atoms with Crippen LogP contribution in [0.3, 0.4) is 0 Å². The Balaban J connectivity index is 1.52.